The van der Waals surface area contributed by atoms with Crippen molar-refractivity contribution in [3.8, 4) is 6.07 Å². The molecule has 18 heavy (non-hydrogen) atoms. The minimum absolute atomic E-state index is 0.257. The second-order valence-corrected chi connectivity index (χ2v) is 6.38. The topological polar surface area (TPSA) is 39.1 Å². The third-order valence-corrected chi connectivity index (χ3v) is 4.99. The minimum Gasteiger partial charge on any atom is -0.300 e. The molecule has 1 saturated heterocycles. The Morgan fingerprint density at radius 2 is 2.00 bits per heavy atom. The van der Waals surface area contributed by atoms with Gasteiger partial charge in [0.05, 0.1) is 6.07 Å². The monoisotopic (exact) mass is 249 g/mol. The summed E-state index contributed by atoms with van der Waals surface area (Å²) >= 11 is 0. The normalized spacial score (nSPS) is 41.8. The van der Waals surface area contributed by atoms with E-state index in [4.69, 9.17) is 0 Å². The number of nitrogens with zero attached hydrogens (tertiary/aromatic N) is 2. The molecule has 0 aromatic rings. The van der Waals surface area contributed by atoms with E-state index in [-0.39, 0.29) is 5.54 Å². The first-order valence-electron chi connectivity index (χ1n) is 7.50. The van der Waals surface area contributed by atoms with Crippen LogP contribution in [0.3, 0.4) is 0 Å². The van der Waals surface area contributed by atoms with E-state index in [0.29, 0.717) is 6.04 Å². The van der Waals surface area contributed by atoms with Gasteiger partial charge in [-0.3, -0.25) is 10.2 Å². The fourth-order valence-corrected chi connectivity index (χ4v) is 3.67. The summed E-state index contributed by atoms with van der Waals surface area (Å²) < 4.78 is 0. The van der Waals surface area contributed by atoms with Gasteiger partial charge in [-0.25, -0.2) is 0 Å². The highest BCUT2D eigenvalue weighted by atomic mass is 15.2. The minimum atomic E-state index is -0.257. The van der Waals surface area contributed by atoms with E-state index in [1.807, 2.05) is 0 Å². The molecule has 1 saturated carbocycles. The molecule has 0 bridgehead atoms. The van der Waals surface area contributed by atoms with E-state index in [1.54, 1.807) is 0 Å². The van der Waals surface area contributed by atoms with Crippen molar-refractivity contribution in [1.29, 1.82) is 5.26 Å². The van der Waals surface area contributed by atoms with Crippen molar-refractivity contribution in [2.45, 2.75) is 58.0 Å². The summed E-state index contributed by atoms with van der Waals surface area (Å²) in [6.07, 6.45) is 4.49. The smallest absolute Gasteiger partial charge is 0.108 e. The zero-order chi connectivity index (χ0) is 13.2. The summed E-state index contributed by atoms with van der Waals surface area (Å²) in [5, 5.41) is 12.9. The van der Waals surface area contributed by atoms with E-state index < -0.39 is 0 Å². The standard InChI is InChI=1S/C15H27N3/c1-4-17-15(11-16)7-5-6-14(8-15)18-9-12(2)13(3)10-18/h12-14,17H,4-10H2,1-3H3. The molecule has 3 heteroatoms. The van der Waals surface area contributed by atoms with Crippen molar-refractivity contribution in [2.75, 3.05) is 19.6 Å². The Hall–Kier alpha value is -0.590. The van der Waals surface area contributed by atoms with Gasteiger partial charge in [-0.2, -0.15) is 5.26 Å². The Morgan fingerprint density at radius 3 is 2.56 bits per heavy atom. The van der Waals surface area contributed by atoms with Crippen LogP contribution in [0.25, 0.3) is 0 Å². The van der Waals surface area contributed by atoms with Crippen molar-refractivity contribution in [3.05, 3.63) is 0 Å². The molecule has 4 unspecified atom stereocenters. The molecule has 0 radical (unpaired) electrons. The fourth-order valence-electron chi connectivity index (χ4n) is 3.67. The number of rotatable bonds is 3. The Kier molecular flexibility index (Phi) is 4.29. The Morgan fingerprint density at radius 1 is 1.33 bits per heavy atom. The summed E-state index contributed by atoms with van der Waals surface area (Å²) in [6, 6.07) is 3.17. The van der Waals surface area contributed by atoms with Crippen LogP contribution < -0.4 is 5.32 Å². The summed E-state index contributed by atoms with van der Waals surface area (Å²) in [6.45, 7) is 10.2. The summed E-state index contributed by atoms with van der Waals surface area (Å²) in [7, 11) is 0. The molecule has 0 amide bonds. The van der Waals surface area contributed by atoms with E-state index in [1.165, 1.54) is 25.9 Å². The van der Waals surface area contributed by atoms with Crippen LogP contribution in [0, 0.1) is 23.2 Å². The van der Waals surface area contributed by atoms with Crippen LogP contribution in [0.1, 0.15) is 46.5 Å². The largest absolute Gasteiger partial charge is 0.300 e. The summed E-state index contributed by atoms with van der Waals surface area (Å²) in [4.78, 5) is 2.64. The van der Waals surface area contributed by atoms with E-state index in [9.17, 15) is 5.26 Å². The maximum absolute atomic E-state index is 9.51. The SMILES string of the molecule is CCNC1(C#N)CCCC(N2CC(C)C(C)C2)C1. The average Bonchev–Trinajstić information content (AvgIpc) is 2.70. The zero-order valence-corrected chi connectivity index (χ0v) is 12.1. The summed E-state index contributed by atoms with van der Waals surface area (Å²) in [5.74, 6) is 1.62. The van der Waals surface area contributed by atoms with Gasteiger partial charge in [0.2, 0.25) is 0 Å². The van der Waals surface area contributed by atoms with Gasteiger partial charge in [0, 0.05) is 19.1 Å². The van der Waals surface area contributed by atoms with Crippen LogP contribution in [-0.2, 0) is 0 Å². The van der Waals surface area contributed by atoms with Crippen molar-refractivity contribution in [1.82, 2.24) is 10.2 Å². The molecule has 1 aliphatic heterocycles. The first kappa shape index (κ1) is 13.8. The Balaban J connectivity index is 2.01. The van der Waals surface area contributed by atoms with Gasteiger partial charge in [-0.15, -0.1) is 0 Å². The van der Waals surface area contributed by atoms with Crippen LogP contribution in [0.2, 0.25) is 0 Å². The van der Waals surface area contributed by atoms with Crippen LogP contribution in [-0.4, -0.2) is 36.1 Å². The maximum atomic E-state index is 9.51. The lowest BCUT2D eigenvalue weighted by molar-refractivity contribution is 0.139. The van der Waals surface area contributed by atoms with Gasteiger partial charge in [-0.1, -0.05) is 20.8 Å². The number of likely N-dealkylation sites (tertiary alicyclic amines) is 1. The second kappa shape index (κ2) is 5.59. The first-order chi connectivity index (χ1) is 8.60. The first-order valence-corrected chi connectivity index (χ1v) is 7.50. The predicted molar refractivity (Wildman–Crippen MR) is 74.2 cm³/mol. The van der Waals surface area contributed by atoms with Gasteiger partial charge in [0.15, 0.2) is 0 Å². The van der Waals surface area contributed by atoms with Crippen LogP contribution in [0.15, 0.2) is 0 Å². The van der Waals surface area contributed by atoms with Crippen molar-refractivity contribution >= 4 is 0 Å². The van der Waals surface area contributed by atoms with Crippen LogP contribution in [0.5, 0.6) is 0 Å². The molecular formula is C15H27N3. The predicted octanol–water partition coefficient (Wildman–Crippen LogP) is 2.39. The van der Waals surface area contributed by atoms with Gasteiger partial charge in [0.1, 0.15) is 5.54 Å². The van der Waals surface area contributed by atoms with Gasteiger partial charge in [0.25, 0.3) is 0 Å². The van der Waals surface area contributed by atoms with Gasteiger partial charge >= 0.3 is 0 Å². The Bertz CT molecular complexity index is 308. The molecule has 102 valence electrons. The molecular weight excluding hydrogens is 222 g/mol. The number of nitriles is 1. The maximum Gasteiger partial charge on any atom is 0.108 e. The highest BCUT2D eigenvalue weighted by Crippen LogP contribution is 2.34. The number of nitrogens with one attached hydrogen (secondary N) is 1. The van der Waals surface area contributed by atoms with Crippen LogP contribution >= 0.6 is 0 Å². The molecule has 2 aliphatic rings. The molecule has 1 heterocycles. The average molecular weight is 249 g/mol. The molecule has 4 atom stereocenters. The quantitative estimate of drug-likeness (QED) is 0.834. The van der Waals surface area contributed by atoms with Gasteiger partial charge in [-0.05, 0) is 44.1 Å². The molecule has 1 aliphatic carbocycles. The molecule has 2 fully saturated rings. The van der Waals surface area contributed by atoms with Crippen molar-refractivity contribution in [2.24, 2.45) is 11.8 Å². The summed E-state index contributed by atoms with van der Waals surface area (Å²) in [5.41, 5.74) is -0.257. The van der Waals surface area contributed by atoms with Crippen molar-refractivity contribution < 1.29 is 0 Å². The Labute approximate surface area is 112 Å². The number of hydrogen-bond acceptors (Lipinski definition) is 3. The molecule has 2 rings (SSSR count). The molecule has 1 N–H and O–H groups in total. The molecule has 0 spiro atoms. The fraction of sp³-hybridized carbons (Fsp3) is 0.933. The lowest BCUT2D eigenvalue weighted by Crippen LogP contribution is -2.52. The lowest BCUT2D eigenvalue weighted by atomic mass is 9.79. The van der Waals surface area contributed by atoms with E-state index >= 15 is 0 Å². The molecule has 0 aromatic carbocycles. The highest BCUT2D eigenvalue weighted by molar-refractivity contribution is 5.11. The highest BCUT2D eigenvalue weighted by Gasteiger charge is 2.40. The lowest BCUT2D eigenvalue weighted by Gasteiger charge is -2.40. The van der Waals surface area contributed by atoms with E-state index in [0.717, 1.165) is 31.2 Å². The molecule has 0 aromatic heterocycles. The zero-order valence-electron chi connectivity index (χ0n) is 12.1. The number of hydrogen-bond donors (Lipinski definition) is 1. The molecule has 3 nitrogen and oxygen atoms in total. The van der Waals surface area contributed by atoms with Gasteiger partial charge < -0.3 is 0 Å². The van der Waals surface area contributed by atoms with E-state index in [2.05, 4.69) is 37.1 Å². The second-order valence-electron chi connectivity index (χ2n) is 6.38. The van der Waals surface area contributed by atoms with Crippen molar-refractivity contribution in [3.63, 3.8) is 0 Å². The third kappa shape index (κ3) is 2.70. The van der Waals surface area contributed by atoms with Crippen LogP contribution in [0.4, 0.5) is 0 Å². The third-order valence-electron chi connectivity index (χ3n) is 4.99.